The van der Waals surface area contributed by atoms with E-state index in [-0.39, 0.29) is 29.9 Å². The van der Waals surface area contributed by atoms with E-state index in [0.717, 1.165) is 21.4 Å². The molecule has 0 amide bonds. The molecular weight excluding hydrogens is 384 g/mol. The summed E-state index contributed by atoms with van der Waals surface area (Å²) >= 11 is 3.03. The second-order valence-corrected chi connectivity index (χ2v) is 5.19. The normalized spacial score (nSPS) is 11.0. The number of esters is 2. The van der Waals surface area contributed by atoms with Crippen LogP contribution < -0.4 is 11.2 Å². The number of halogens is 1. The summed E-state index contributed by atoms with van der Waals surface area (Å²) in [4.78, 5) is 48.3. The molecule has 0 fully saturated rings. The minimum absolute atomic E-state index is 0.0306. The van der Waals surface area contributed by atoms with Crippen LogP contribution in [-0.2, 0) is 25.6 Å². The van der Waals surface area contributed by atoms with Crippen molar-refractivity contribution in [2.75, 3.05) is 13.2 Å². The highest BCUT2D eigenvalue weighted by atomic mass is 79.9. The number of hydrogen-bond acceptors (Lipinski definition) is 6. The Hall–Kier alpha value is -2.42. The zero-order valence-corrected chi connectivity index (χ0v) is 14.9. The Labute approximate surface area is 146 Å². The first kappa shape index (κ1) is 19.6. The first-order valence-corrected chi connectivity index (χ1v) is 7.85. The molecule has 0 N–H and O–H groups in total. The first-order valence-electron chi connectivity index (χ1n) is 7.06. The third-order valence-corrected chi connectivity index (χ3v) is 3.27. The lowest BCUT2D eigenvalue weighted by Gasteiger charge is -2.12. The van der Waals surface area contributed by atoms with Crippen molar-refractivity contribution in [2.24, 2.45) is 0 Å². The number of allylic oxidation sites excluding steroid dienone is 1. The van der Waals surface area contributed by atoms with Crippen LogP contribution in [0.1, 0.15) is 13.8 Å². The Bertz CT molecular complexity index is 790. The molecule has 24 heavy (non-hydrogen) atoms. The molecular formula is C15H17BrN2O6. The first-order chi connectivity index (χ1) is 11.4. The molecule has 9 heteroatoms. The summed E-state index contributed by atoms with van der Waals surface area (Å²) in [6, 6.07) is 0. The number of hydrogen-bond donors (Lipinski definition) is 0. The van der Waals surface area contributed by atoms with Gasteiger partial charge in [-0.1, -0.05) is 6.08 Å². The standard InChI is InChI=1S/C15H17BrN2O6/c1-4-7-17-13(20)10(16)9-18(15(17)22)11(14(21)24-6-3)8-12(19)23-5-2/h4,8-9H,1,5-7H2,2-3H3/b11-8+. The maximum Gasteiger partial charge on any atom is 0.355 e. The van der Waals surface area contributed by atoms with E-state index in [0.29, 0.717) is 0 Å². The quantitative estimate of drug-likeness (QED) is 0.383. The molecule has 0 spiro atoms. The minimum atomic E-state index is -0.900. The zero-order chi connectivity index (χ0) is 18.3. The van der Waals surface area contributed by atoms with Crippen molar-refractivity contribution in [3.8, 4) is 0 Å². The van der Waals surface area contributed by atoms with Crippen LogP contribution in [0, 0.1) is 0 Å². The molecule has 0 atom stereocenters. The summed E-state index contributed by atoms with van der Waals surface area (Å²) in [5.41, 5.74) is -1.76. The highest BCUT2D eigenvalue weighted by Gasteiger charge is 2.20. The van der Waals surface area contributed by atoms with Crippen LogP contribution in [0.25, 0.3) is 5.70 Å². The van der Waals surface area contributed by atoms with Crippen molar-refractivity contribution < 1.29 is 19.1 Å². The fourth-order valence-electron chi connectivity index (χ4n) is 1.76. The second-order valence-electron chi connectivity index (χ2n) is 4.34. The van der Waals surface area contributed by atoms with Gasteiger partial charge in [-0.15, -0.1) is 6.58 Å². The predicted octanol–water partition coefficient (Wildman–Crippen LogP) is 0.926. The Kier molecular flexibility index (Phi) is 7.37. The lowest BCUT2D eigenvalue weighted by Crippen LogP contribution is -2.40. The van der Waals surface area contributed by atoms with Crippen molar-refractivity contribution >= 4 is 33.6 Å². The monoisotopic (exact) mass is 400 g/mol. The van der Waals surface area contributed by atoms with Gasteiger partial charge in [0, 0.05) is 12.7 Å². The number of aromatic nitrogens is 2. The van der Waals surface area contributed by atoms with Crippen LogP contribution in [0.4, 0.5) is 0 Å². The Morgan fingerprint density at radius 2 is 1.88 bits per heavy atom. The van der Waals surface area contributed by atoms with Gasteiger partial charge in [-0.05, 0) is 29.8 Å². The Balaban J connectivity index is 3.62. The molecule has 0 aliphatic carbocycles. The number of nitrogens with zero attached hydrogens (tertiary/aromatic N) is 2. The van der Waals surface area contributed by atoms with Gasteiger partial charge in [0.2, 0.25) is 0 Å². The van der Waals surface area contributed by atoms with Gasteiger partial charge in [0.05, 0.1) is 23.8 Å². The Morgan fingerprint density at radius 1 is 1.25 bits per heavy atom. The second kappa shape index (κ2) is 9.02. The van der Waals surface area contributed by atoms with Gasteiger partial charge < -0.3 is 9.47 Å². The molecule has 8 nitrogen and oxygen atoms in total. The fraction of sp³-hybridized carbons (Fsp3) is 0.333. The molecule has 0 aliphatic rings. The van der Waals surface area contributed by atoms with E-state index < -0.39 is 23.2 Å². The number of carbonyl (C=O) groups excluding carboxylic acids is 2. The molecule has 0 saturated carbocycles. The molecule has 0 radical (unpaired) electrons. The maximum absolute atomic E-state index is 12.5. The molecule has 1 heterocycles. The van der Waals surface area contributed by atoms with Crippen molar-refractivity contribution in [2.45, 2.75) is 20.4 Å². The maximum atomic E-state index is 12.5. The molecule has 1 rings (SSSR count). The molecule has 0 unspecified atom stereocenters. The highest BCUT2D eigenvalue weighted by molar-refractivity contribution is 9.10. The molecule has 0 aromatic carbocycles. The van der Waals surface area contributed by atoms with E-state index in [1.54, 1.807) is 13.8 Å². The summed E-state index contributed by atoms with van der Waals surface area (Å²) in [5.74, 6) is -1.71. The van der Waals surface area contributed by atoms with Crippen molar-refractivity contribution in [3.05, 3.63) is 50.2 Å². The van der Waals surface area contributed by atoms with E-state index in [4.69, 9.17) is 9.47 Å². The molecule has 0 bridgehead atoms. The van der Waals surface area contributed by atoms with E-state index >= 15 is 0 Å². The van der Waals surface area contributed by atoms with Gasteiger partial charge in [-0.3, -0.25) is 13.9 Å². The van der Waals surface area contributed by atoms with Gasteiger partial charge in [-0.25, -0.2) is 14.4 Å². The molecule has 1 aromatic heterocycles. The van der Waals surface area contributed by atoms with Crippen LogP contribution >= 0.6 is 15.9 Å². The third-order valence-electron chi connectivity index (χ3n) is 2.73. The van der Waals surface area contributed by atoms with E-state index in [9.17, 15) is 19.2 Å². The number of ether oxygens (including phenoxy) is 2. The summed E-state index contributed by atoms with van der Waals surface area (Å²) in [6.45, 7) is 6.73. The van der Waals surface area contributed by atoms with Crippen LogP contribution in [0.15, 0.2) is 39.0 Å². The van der Waals surface area contributed by atoms with Crippen molar-refractivity contribution in [1.82, 2.24) is 9.13 Å². The number of rotatable bonds is 7. The topological polar surface area (TPSA) is 96.6 Å². The van der Waals surface area contributed by atoms with Crippen LogP contribution in [0.3, 0.4) is 0 Å². The number of carbonyl (C=O) groups is 2. The molecule has 0 aliphatic heterocycles. The Morgan fingerprint density at radius 3 is 2.42 bits per heavy atom. The van der Waals surface area contributed by atoms with Crippen LogP contribution in [-0.4, -0.2) is 34.3 Å². The van der Waals surface area contributed by atoms with Gasteiger partial charge in [-0.2, -0.15) is 0 Å². The highest BCUT2D eigenvalue weighted by Crippen LogP contribution is 2.09. The summed E-state index contributed by atoms with van der Waals surface area (Å²) in [5, 5.41) is 0. The predicted molar refractivity (Wildman–Crippen MR) is 90.4 cm³/mol. The van der Waals surface area contributed by atoms with Gasteiger partial charge in [0.15, 0.2) is 0 Å². The third kappa shape index (κ3) is 4.54. The lowest BCUT2D eigenvalue weighted by atomic mass is 10.3. The summed E-state index contributed by atoms with van der Waals surface area (Å²) in [6.07, 6.45) is 3.31. The molecule has 1 aromatic rings. The van der Waals surface area contributed by atoms with Crippen molar-refractivity contribution in [1.29, 1.82) is 0 Å². The van der Waals surface area contributed by atoms with E-state index in [2.05, 4.69) is 22.5 Å². The van der Waals surface area contributed by atoms with Crippen molar-refractivity contribution in [3.63, 3.8) is 0 Å². The average molecular weight is 401 g/mol. The average Bonchev–Trinajstić information content (AvgIpc) is 2.53. The zero-order valence-electron chi connectivity index (χ0n) is 13.3. The fourth-order valence-corrected chi connectivity index (χ4v) is 2.18. The smallest absolute Gasteiger partial charge is 0.355 e. The largest absolute Gasteiger partial charge is 0.463 e. The van der Waals surface area contributed by atoms with Gasteiger partial charge >= 0.3 is 17.6 Å². The molecule has 0 saturated heterocycles. The van der Waals surface area contributed by atoms with E-state index in [1.807, 2.05) is 0 Å². The van der Waals surface area contributed by atoms with Gasteiger partial charge in [0.1, 0.15) is 5.70 Å². The van der Waals surface area contributed by atoms with Crippen LogP contribution in [0.2, 0.25) is 0 Å². The summed E-state index contributed by atoms with van der Waals surface area (Å²) < 4.78 is 11.4. The summed E-state index contributed by atoms with van der Waals surface area (Å²) in [7, 11) is 0. The molecule has 130 valence electrons. The van der Waals surface area contributed by atoms with Gasteiger partial charge in [0.25, 0.3) is 5.56 Å². The van der Waals surface area contributed by atoms with Crippen LogP contribution in [0.5, 0.6) is 0 Å². The van der Waals surface area contributed by atoms with E-state index in [1.165, 1.54) is 6.08 Å². The minimum Gasteiger partial charge on any atom is -0.463 e. The lowest BCUT2D eigenvalue weighted by molar-refractivity contribution is -0.139. The SMILES string of the molecule is C=CCn1c(=O)c(Br)cn(/C(=C/C(=O)OCC)C(=O)OCC)c1=O.